The number of hydrogen-bond donors (Lipinski definition) is 2. The Labute approximate surface area is 163 Å². The van der Waals surface area contributed by atoms with Gasteiger partial charge in [0.05, 0.1) is 21.5 Å². The van der Waals surface area contributed by atoms with Gasteiger partial charge in [0.2, 0.25) is 5.91 Å². The summed E-state index contributed by atoms with van der Waals surface area (Å²) >= 11 is 7.04. The van der Waals surface area contributed by atoms with Gasteiger partial charge in [-0.15, -0.1) is 11.8 Å². The van der Waals surface area contributed by atoms with Crippen LogP contribution in [-0.4, -0.2) is 29.6 Å². The lowest BCUT2D eigenvalue weighted by atomic mass is 10.2. The Balaban J connectivity index is 1.59. The third-order valence-electron chi connectivity index (χ3n) is 3.68. The van der Waals surface area contributed by atoms with E-state index in [1.165, 1.54) is 30.0 Å². The SMILES string of the molecule is CC1Sc2ccc(C(=O)OCC(=O)Nc3ccc(F)c(Cl)c3)cc2NC1=O. The predicted molar refractivity (Wildman–Crippen MR) is 101 cm³/mol. The first-order chi connectivity index (χ1) is 12.8. The highest BCUT2D eigenvalue weighted by Crippen LogP contribution is 2.36. The smallest absolute Gasteiger partial charge is 0.338 e. The van der Waals surface area contributed by atoms with Gasteiger partial charge >= 0.3 is 5.97 Å². The molecule has 9 heteroatoms. The minimum atomic E-state index is -0.706. The third-order valence-corrected chi connectivity index (χ3v) is 5.15. The lowest BCUT2D eigenvalue weighted by molar-refractivity contribution is -0.119. The number of thioether (sulfide) groups is 1. The van der Waals surface area contributed by atoms with Crippen molar-refractivity contribution in [3.05, 3.63) is 52.8 Å². The lowest BCUT2D eigenvalue weighted by Gasteiger charge is -2.21. The summed E-state index contributed by atoms with van der Waals surface area (Å²) < 4.78 is 18.1. The van der Waals surface area contributed by atoms with Crippen LogP contribution in [0.25, 0.3) is 0 Å². The van der Waals surface area contributed by atoms with E-state index in [-0.39, 0.29) is 27.4 Å². The van der Waals surface area contributed by atoms with Crippen molar-refractivity contribution in [2.75, 3.05) is 17.2 Å². The first kappa shape index (κ1) is 19.2. The molecule has 2 aromatic rings. The first-order valence-corrected chi connectivity index (χ1v) is 9.13. The number of hydrogen-bond acceptors (Lipinski definition) is 5. The number of esters is 1. The molecular weight excluding hydrogens is 395 g/mol. The maximum absolute atomic E-state index is 13.1. The highest BCUT2D eigenvalue weighted by molar-refractivity contribution is 8.00. The fraction of sp³-hybridized carbons (Fsp3) is 0.167. The van der Waals surface area contributed by atoms with Gasteiger partial charge < -0.3 is 15.4 Å². The molecule has 2 aromatic carbocycles. The molecular formula is C18H14ClFN2O4S. The van der Waals surface area contributed by atoms with E-state index in [1.54, 1.807) is 19.1 Å². The molecule has 0 aromatic heterocycles. The number of anilines is 2. The fourth-order valence-corrected chi connectivity index (χ4v) is 3.43. The summed E-state index contributed by atoms with van der Waals surface area (Å²) in [7, 11) is 0. The van der Waals surface area contributed by atoms with Crippen LogP contribution >= 0.6 is 23.4 Å². The highest BCUT2D eigenvalue weighted by atomic mass is 35.5. The van der Waals surface area contributed by atoms with E-state index in [2.05, 4.69) is 10.6 Å². The number of benzene rings is 2. The van der Waals surface area contributed by atoms with Crippen LogP contribution < -0.4 is 10.6 Å². The van der Waals surface area contributed by atoms with E-state index in [9.17, 15) is 18.8 Å². The number of ether oxygens (including phenoxy) is 1. The Morgan fingerprint density at radius 2 is 2.07 bits per heavy atom. The molecule has 2 N–H and O–H groups in total. The lowest BCUT2D eigenvalue weighted by Crippen LogP contribution is -2.26. The maximum Gasteiger partial charge on any atom is 0.338 e. The molecule has 3 rings (SSSR count). The zero-order chi connectivity index (χ0) is 19.6. The van der Waals surface area contributed by atoms with Crippen molar-refractivity contribution in [3.63, 3.8) is 0 Å². The Morgan fingerprint density at radius 1 is 1.30 bits per heavy atom. The number of amides is 2. The second kappa shape index (κ2) is 7.98. The van der Waals surface area contributed by atoms with Gasteiger partial charge in [0.25, 0.3) is 5.91 Å². The second-order valence-electron chi connectivity index (χ2n) is 5.71. The average Bonchev–Trinajstić information content (AvgIpc) is 2.63. The van der Waals surface area contributed by atoms with Crippen molar-refractivity contribution in [2.45, 2.75) is 17.1 Å². The summed E-state index contributed by atoms with van der Waals surface area (Å²) in [5, 5.41) is 4.83. The van der Waals surface area contributed by atoms with Crippen molar-refractivity contribution in [1.29, 1.82) is 0 Å². The fourth-order valence-electron chi connectivity index (χ4n) is 2.32. The summed E-state index contributed by atoms with van der Waals surface area (Å²) in [6.07, 6.45) is 0. The molecule has 1 unspecified atom stereocenters. The minimum absolute atomic E-state index is 0.131. The molecule has 1 heterocycles. The van der Waals surface area contributed by atoms with Crippen LogP contribution in [0.5, 0.6) is 0 Å². The quantitative estimate of drug-likeness (QED) is 0.753. The van der Waals surface area contributed by atoms with Gasteiger partial charge in [-0.2, -0.15) is 0 Å². The topological polar surface area (TPSA) is 84.5 Å². The number of carbonyl (C=O) groups is 3. The monoisotopic (exact) mass is 408 g/mol. The second-order valence-corrected chi connectivity index (χ2v) is 7.50. The van der Waals surface area contributed by atoms with Crippen LogP contribution in [-0.2, 0) is 14.3 Å². The molecule has 0 radical (unpaired) electrons. The zero-order valence-corrected chi connectivity index (χ0v) is 15.6. The molecule has 140 valence electrons. The minimum Gasteiger partial charge on any atom is -0.452 e. The summed E-state index contributed by atoms with van der Waals surface area (Å²) in [5.41, 5.74) is 1.02. The Bertz CT molecular complexity index is 938. The van der Waals surface area contributed by atoms with E-state index in [0.29, 0.717) is 5.69 Å². The first-order valence-electron chi connectivity index (χ1n) is 7.87. The molecule has 0 spiro atoms. The zero-order valence-electron chi connectivity index (χ0n) is 14.0. The van der Waals surface area contributed by atoms with E-state index in [4.69, 9.17) is 16.3 Å². The highest BCUT2D eigenvalue weighted by Gasteiger charge is 2.24. The largest absolute Gasteiger partial charge is 0.452 e. The molecule has 0 bridgehead atoms. The van der Waals surface area contributed by atoms with Crippen LogP contribution in [0.15, 0.2) is 41.3 Å². The van der Waals surface area contributed by atoms with E-state index >= 15 is 0 Å². The van der Waals surface area contributed by atoms with Gasteiger partial charge in [0, 0.05) is 10.6 Å². The summed E-state index contributed by atoms with van der Waals surface area (Å²) in [5.74, 6) is -2.05. The summed E-state index contributed by atoms with van der Waals surface area (Å²) in [6.45, 7) is 1.26. The normalized spacial score (nSPS) is 15.5. The van der Waals surface area contributed by atoms with E-state index in [1.807, 2.05) is 0 Å². The van der Waals surface area contributed by atoms with Crippen LogP contribution in [0.2, 0.25) is 5.02 Å². The molecule has 1 atom stereocenters. The molecule has 1 aliphatic heterocycles. The molecule has 2 amide bonds. The van der Waals surface area contributed by atoms with Crippen molar-refractivity contribution >= 4 is 52.5 Å². The predicted octanol–water partition coefficient (Wildman–Crippen LogP) is 3.71. The standard InChI is InChI=1S/C18H14ClFN2O4S/c1-9-17(24)22-14-6-10(2-5-15(14)27-9)18(25)26-8-16(23)21-11-3-4-13(20)12(19)7-11/h2-7,9H,8H2,1H3,(H,21,23)(H,22,24). The molecule has 0 saturated heterocycles. The molecule has 6 nitrogen and oxygen atoms in total. The number of nitrogens with one attached hydrogen (secondary N) is 2. The van der Waals surface area contributed by atoms with E-state index in [0.717, 1.165) is 11.0 Å². The van der Waals surface area contributed by atoms with Gasteiger partial charge in [0.1, 0.15) is 5.82 Å². The van der Waals surface area contributed by atoms with Gasteiger partial charge in [-0.3, -0.25) is 9.59 Å². The number of carbonyl (C=O) groups excluding carboxylic acids is 3. The van der Waals surface area contributed by atoms with Crippen LogP contribution in [0.3, 0.4) is 0 Å². The van der Waals surface area contributed by atoms with E-state index < -0.39 is 24.3 Å². The third kappa shape index (κ3) is 4.58. The molecule has 1 aliphatic rings. The number of halogens is 2. The maximum atomic E-state index is 13.1. The van der Waals surface area contributed by atoms with Gasteiger partial charge in [-0.05, 0) is 43.3 Å². The molecule has 0 aliphatic carbocycles. The van der Waals surface area contributed by atoms with Crippen LogP contribution in [0.1, 0.15) is 17.3 Å². The Hall–Kier alpha value is -2.58. The van der Waals surface area contributed by atoms with Gasteiger partial charge in [-0.25, -0.2) is 9.18 Å². The number of fused-ring (bicyclic) bond motifs is 1. The molecule has 0 saturated carbocycles. The average molecular weight is 409 g/mol. The summed E-state index contributed by atoms with van der Waals surface area (Å²) in [6, 6.07) is 8.49. The Kier molecular flexibility index (Phi) is 5.67. The molecule has 27 heavy (non-hydrogen) atoms. The van der Waals surface area contributed by atoms with Gasteiger partial charge in [-0.1, -0.05) is 11.6 Å². The molecule has 0 fully saturated rings. The van der Waals surface area contributed by atoms with Crippen molar-refractivity contribution in [2.24, 2.45) is 0 Å². The van der Waals surface area contributed by atoms with Crippen LogP contribution in [0.4, 0.5) is 15.8 Å². The van der Waals surface area contributed by atoms with Gasteiger partial charge in [0.15, 0.2) is 6.61 Å². The summed E-state index contributed by atoms with van der Waals surface area (Å²) in [4.78, 5) is 36.6. The van der Waals surface area contributed by atoms with Crippen molar-refractivity contribution in [1.82, 2.24) is 0 Å². The van der Waals surface area contributed by atoms with Crippen molar-refractivity contribution in [3.8, 4) is 0 Å². The Morgan fingerprint density at radius 3 is 2.81 bits per heavy atom. The van der Waals surface area contributed by atoms with Crippen molar-refractivity contribution < 1.29 is 23.5 Å². The van der Waals surface area contributed by atoms with Crippen LogP contribution in [0, 0.1) is 5.82 Å². The number of rotatable bonds is 4.